The second kappa shape index (κ2) is 4.14. The first-order valence-electron chi connectivity index (χ1n) is 5.56. The third-order valence-electron chi connectivity index (χ3n) is 3.25. The number of hydrogen-bond acceptors (Lipinski definition) is 1. The quantitative estimate of drug-likeness (QED) is 0.716. The first-order valence-corrected chi connectivity index (χ1v) is 5.56. The van der Waals surface area contributed by atoms with Crippen molar-refractivity contribution in [2.45, 2.75) is 32.6 Å². The molecule has 0 aliphatic carbocycles. The topological polar surface area (TPSA) is 12.0 Å². The lowest BCUT2D eigenvalue weighted by atomic mass is 9.86. The lowest BCUT2D eigenvalue weighted by molar-refractivity contribution is 0.459. The molecular weight excluding hydrogens is 170 g/mol. The van der Waals surface area contributed by atoms with Gasteiger partial charge in [-0.15, -0.1) is 0 Å². The average Bonchev–Trinajstić information content (AvgIpc) is 2.19. The zero-order chi connectivity index (χ0) is 9.97. The van der Waals surface area contributed by atoms with Gasteiger partial charge in [0.05, 0.1) is 0 Å². The Morgan fingerprint density at radius 1 is 1.21 bits per heavy atom. The van der Waals surface area contributed by atoms with Crippen LogP contribution in [0.5, 0.6) is 0 Å². The second-order valence-electron chi connectivity index (χ2n) is 4.35. The molecule has 1 N–H and O–H groups in total. The molecular formula is C13H19N. The molecule has 1 fully saturated rings. The Morgan fingerprint density at radius 3 is 2.50 bits per heavy atom. The lowest BCUT2D eigenvalue weighted by Gasteiger charge is -2.26. The third kappa shape index (κ3) is 1.83. The van der Waals surface area contributed by atoms with Crippen molar-refractivity contribution in [1.29, 1.82) is 0 Å². The molecule has 1 aliphatic heterocycles. The van der Waals surface area contributed by atoms with Crippen LogP contribution < -0.4 is 5.32 Å². The fourth-order valence-corrected chi connectivity index (χ4v) is 2.57. The van der Waals surface area contributed by atoms with Gasteiger partial charge in [-0.25, -0.2) is 0 Å². The summed E-state index contributed by atoms with van der Waals surface area (Å²) >= 11 is 0. The Bertz CT molecular complexity index is 291. The van der Waals surface area contributed by atoms with Crippen LogP contribution in [0.3, 0.4) is 0 Å². The minimum Gasteiger partial charge on any atom is -0.316 e. The summed E-state index contributed by atoms with van der Waals surface area (Å²) < 4.78 is 0. The summed E-state index contributed by atoms with van der Waals surface area (Å²) in [5, 5.41) is 3.49. The van der Waals surface area contributed by atoms with Crippen molar-refractivity contribution in [3.05, 3.63) is 34.9 Å². The van der Waals surface area contributed by atoms with Gasteiger partial charge in [0.15, 0.2) is 0 Å². The first-order chi connectivity index (χ1) is 6.79. The van der Waals surface area contributed by atoms with Crippen molar-refractivity contribution in [2.75, 3.05) is 13.1 Å². The molecule has 1 aromatic carbocycles. The maximum atomic E-state index is 3.49. The molecule has 2 rings (SSSR count). The Balaban J connectivity index is 2.29. The Hall–Kier alpha value is -0.820. The monoisotopic (exact) mass is 189 g/mol. The SMILES string of the molecule is Cc1cccc(C)c1C1CCCNC1. The molecule has 0 aromatic heterocycles. The van der Waals surface area contributed by atoms with E-state index in [0.29, 0.717) is 0 Å². The first kappa shape index (κ1) is 9.72. The van der Waals surface area contributed by atoms with E-state index >= 15 is 0 Å². The molecule has 0 radical (unpaired) electrons. The summed E-state index contributed by atoms with van der Waals surface area (Å²) in [5.74, 6) is 0.741. The van der Waals surface area contributed by atoms with Crippen molar-refractivity contribution in [3.8, 4) is 0 Å². The largest absolute Gasteiger partial charge is 0.316 e. The molecule has 76 valence electrons. The van der Waals surface area contributed by atoms with E-state index in [1.165, 1.54) is 30.5 Å². The molecule has 1 heterocycles. The molecule has 1 unspecified atom stereocenters. The number of rotatable bonds is 1. The van der Waals surface area contributed by atoms with E-state index in [9.17, 15) is 0 Å². The highest BCUT2D eigenvalue weighted by molar-refractivity contribution is 5.36. The third-order valence-corrected chi connectivity index (χ3v) is 3.25. The van der Waals surface area contributed by atoms with Gasteiger partial charge in [-0.3, -0.25) is 0 Å². The molecule has 1 nitrogen and oxygen atoms in total. The Kier molecular flexibility index (Phi) is 2.87. The minimum atomic E-state index is 0.741. The summed E-state index contributed by atoms with van der Waals surface area (Å²) in [6.07, 6.45) is 2.66. The standard InChI is InChI=1S/C13H19N/c1-10-5-3-6-11(2)13(10)12-7-4-8-14-9-12/h3,5-6,12,14H,4,7-9H2,1-2H3. The predicted molar refractivity (Wildman–Crippen MR) is 60.8 cm³/mol. The second-order valence-corrected chi connectivity index (χ2v) is 4.35. The highest BCUT2D eigenvalue weighted by Crippen LogP contribution is 2.28. The highest BCUT2D eigenvalue weighted by Gasteiger charge is 2.18. The minimum absolute atomic E-state index is 0.741. The van der Waals surface area contributed by atoms with Gasteiger partial charge in [-0.05, 0) is 55.8 Å². The van der Waals surface area contributed by atoms with Crippen LogP contribution in [0.1, 0.15) is 35.4 Å². The number of hydrogen-bond donors (Lipinski definition) is 1. The van der Waals surface area contributed by atoms with Gasteiger partial charge in [0.1, 0.15) is 0 Å². The molecule has 14 heavy (non-hydrogen) atoms. The van der Waals surface area contributed by atoms with E-state index in [-0.39, 0.29) is 0 Å². The van der Waals surface area contributed by atoms with Crippen molar-refractivity contribution >= 4 is 0 Å². The fraction of sp³-hybridized carbons (Fsp3) is 0.538. The van der Waals surface area contributed by atoms with E-state index < -0.39 is 0 Å². The normalized spacial score (nSPS) is 22.3. The summed E-state index contributed by atoms with van der Waals surface area (Å²) in [4.78, 5) is 0. The van der Waals surface area contributed by atoms with E-state index in [2.05, 4.69) is 37.4 Å². The van der Waals surface area contributed by atoms with Crippen LogP contribution in [0.2, 0.25) is 0 Å². The number of aryl methyl sites for hydroxylation is 2. The molecule has 0 bridgehead atoms. The lowest BCUT2D eigenvalue weighted by Crippen LogP contribution is -2.29. The maximum absolute atomic E-state index is 3.49. The maximum Gasteiger partial charge on any atom is 0.00203 e. The van der Waals surface area contributed by atoms with Crippen LogP contribution in [0.15, 0.2) is 18.2 Å². The molecule has 1 saturated heterocycles. The molecule has 1 aliphatic rings. The van der Waals surface area contributed by atoms with Gasteiger partial charge in [0.2, 0.25) is 0 Å². The van der Waals surface area contributed by atoms with Crippen LogP contribution in [-0.4, -0.2) is 13.1 Å². The molecule has 1 heteroatoms. The number of nitrogens with one attached hydrogen (secondary N) is 1. The Morgan fingerprint density at radius 2 is 1.93 bits per heavy atom. The summed E-state index contributed by atoms with van der Waals surface area (Å²) in [5.41, 5.74) is 4.50. The van der Waals surface area contributed by atoms with E-state index in [1.54, 1.807) is 5.56 Å². The smallest absolute Gasteiger partial charge is 0.00203 e. The number of piperidine rings is 1. The van der Waals surface area contributed by atoms with Gasteiger partial charge in [-0.1, -0.05) is 18.2 Å². The van der Waals surface area contributed by atoms with Gasteiger partial charge in [0, 0.05) is 6.54 Å². The molecule has 0 amide bonds. The zero-order valence-corrected chi connectivity index (χ0v) is 9.14. The van der Waals surface area contributed by atoms with Gasteiger partial charge < -0.3 is 5.32 Å². The average molecular weight is 189 g/mol. The van der Waals surface area contributed by atoms with Crippen LogP contribution in [0.25, 0.3) is 0 Å². The molecule has 0 spiro atoms. The molecule has 1 atom stereocenters. The van der Waals surface area contributed by atoms with Crippen molar-refractivity contribution in [1.82, 2.24) is 5.32 Å². The van der Waals surface area contributed by atoms with Gasteiger partial charge in [-0.2, -0.15) is 0 Å². The van der Waals surface area contributed by atoms with Crippen molar-refractivity contribution in [3.63, 3.8) is 0 Å². The van der Waals surface area contributed by atoms with Gasteiger partial charge >= 0.3 is 0 Å². The summed E-state index contributed by atoms with van der Waals surface area (Å²) in [6, 6.07) is 6.62. The highest BCUT2D eigenvalue weighted by atomic mass is 14.9. The molecule has 1 aromatic rings. The summed E-state index contributed by atoms with van der Waals surface area (Å²) in [7, 11) is 0. The predicted octanol–water partition coefficient (Wildman–Crippen LogP) is 2.77. The number of benzene rings is 1. The fourth-order valence-electron chi connectivity index (χ4n) is 2.57. The Labute approximate surface area is 86.5 Å². The van der Waals surface area contributed by atoms with E-state index in [4.69, 9.17) is 0 Å². The van der Waals surface area contributed by atoms with Crippen LogP contribution in [-0.2, 0) is 0 Å². The van der Waals surface area contributed by atoms with Crippen molar-refractivity contribution < 1.29 is 0 Å². The van der Waals surface area contributed by atoms with Gasteiger partial charge in [0.25, 0.3) is 0 Å². The summed E-state index contributed by atoms with van der Waals surface area (Å²) in [6.45, 7) is 6.82. The van der Waals surface area contributed by atoms with Crippen LogP contribution in [0, 0.1) is 13.8 Å². The zero-order valence-electron chi connectivity index (χ0n) is 9.14. The van der Waals surface area contributed by atoms with E-state index in [0.717, 1.165) is 12.5 Å². The van der Waals surface area contributed by atoms with Crippen molar-refractivity contribution in [2.24, 2.45) is 0 Å². The molecule has 0 saturated carbocycles. The van der Waals surface area contributed by atoms with Crippen LogP contribution in [0.4, 0.5) is 0 Å². The van der Waals surface area contributed by atoms with Crippen LogP contribution >= 0.6 is 0 Å². The van der Waals surface area contributed by atoms with E-state index in [1.807, 2.05) is 0 Å².